The lowest BCUT2D eigenvalue weighted by molar-refractivity contribution is 0.444. The summed E-state index contributed by atoms with van der Waals surface area (Å²) >= 11 is 1.83. The number of thiophene rings is 1. The van der Waals surface area contributed by atoms with E-state index in [1.807, 2.05) is 11.3 Å². The van der Waals surface area contributed by atoms with Crippen molar-refractivity contribution in [1.82, 2.24) is 9.55 Å². The van der Waals surface area contributed by atoms with E-state index in [1.54, 1.807) is 0 Å². The Hall–Kier alpha value is -1.29. The van der Waals surface area contributed by atoms with Gasteiger partial charge in [0.25, 0.3) is 0 Å². The molecule has 4 heteroatoms. The molecule has 0 saturated carbocycles. The molecule has 20 heavy (non-hydrogen) atoms. The number of aromatic nitrogens is 2. The van der Waals surface area contributed by atoms with Gasteiger partial charge >= 0.3 is 0 Å². The number of hydrogen-bond donors (Lipinski definition) is 1. The first-order valence-electron chi connectivity index (χ1n) is 7.20. The maximum atomic E-state index is 4.60. The van der Waals surface area contributed by atoms with Crippen LogP contribution in [0.1, 0.15) is 38.3 Å². The van der Waals surface area contributed by atoms with Crippen LogP contribution in [0.2, 0.25) is 0 Å². The standard InChI is InChI=1S/C16H25N3S/c1-12(2)9-17-15-18-13(3)10-19(15)11-16(4,5)14-7-6-8-20-14/h6-8,10,12H,9,11H2,1-5H3,(H,17,18). The van der Waals surface area contributed by atoms with Crippen molar-refractivity contribution >= 4 is 17.3 Å². The fraction of sp³-hybridized carbons (Fsp3) is 0.562. The molecule has 2 heterocycles. The van der Waals surface area contributed by atoms with Crippen LogP contribution >= 0.6 is 11.3 Å². The predicted octanol–water partition coefficient (Wildman–Crippen LogP) is 4.30. The van der Waals surface area contributed by atoms with E-state index >= 15 is 0 Å². The third-order valence-electron chi connectivity index (χ3n) is 3.32. The molecule has 0 radical (unpaired) electrons. The van der Waals surface area contributed by atoms with Gasteiger partial charge in [0.05, 0.1) is 5.69 Å². The minimum absolute atomic E-state index is 0.121. The summed E-state index contributed by atoms with van der Waals surface area (Å²) in [6.45, 7) is 13.0. The van der Waals surface area contributed by atoms with Crippen molar-refractivity contribution in [2.75, 3.05) is 11.9 Å². The summed E-state index contributed by atoms with van der Waals surface area (Å²) in [7, 11) is 0. The summed E-state index contributed by atoms with van der Waals surface area (Å²) in [6, 6.07) is 4.34. The Bertz CT molecular complexity index is 538. The van der Waals surface area contributed by atoms with Gasteiger partial charge in [0.1, 0.15) is 0 Å². The molecule has 2 aromatic heterocycles. The molecule has 110 valence electrons. The Morgan fingerprint density at radius 3 is 2.75 bits per heavy atom. The first-order valence-corrected chi connectivity index (χ1v) is 8.08. The minimum Gasteiger partial charge on any atom is -0.355 e. The fourth-order valence-corrected chi connectivity index (χ4v) is 3.12. The van der Waals surface area contributed by atoms with Crippen molar-refractivity contribution in [3.63, 3.8) is 0 Å². The van der Waals surface area contributed by atoms with Gasteiger partial charge in [-0.25, -0.2) is 4.98 Å². The van der Waals surface area contributed by atoms with Crippen LogP contribution in [0.25, 0.3) is 0 Å². The van der Waals surface area contributed by atoms with Gasteiger partial charge < -0.3 is 9.88 Å². The van der Waals surface area contributed by atoms with Crippen molar-refractivity contribution in [2.45, 2.75) is 46.6 Å². The van der Waals surface area contributed by atoms with Crippen LogP contribution in [0.5, 0.6) is 0 Å². The topological polar surface area (TPSA) is 29.9 Å². The largest absolute Gasteiger partial charge is 0.355 e. The summed E-state index contributed by atoms with van der Waals surface area (Å²) in [4.78, 5) is 6.02. The molecule has 0 aromatic carbocycles. The molecule has 0 unspecified atom stereocenters. The summed E-state index contributed by atoms with van der Waals surface area (Å²) in [6.07, 6.45) is 2.14. The van der Waals surface area contributed by atoms with E-state index in [9.17, 15) is 0 Å². The molecular weight excluding hydrogens is 266 g/mol. The Morgan fingerprint density at radius 2 is 2.15 bits per heavy atom. The molecule has 0 aliphatic rings. The Kier molecular flexibility index (Phi) is 4.53. The second-order valence-electron chi connectivity index (χ2n) is 6.47. The summed E-state index contributed by atoms with van der Waals surface area (Å²) in [5.41, 5.74) is 1.19. The van der Waals surface area contributed by atoms with Crippen LogP contribution in [0.15, 0.2) is 23.7 Å². The smallest absolute Gasteiger partial charge is 0.203 e. The summed E-state index contributed by atoms with van der Waals surface area (Å²) in [5.74, 6) is 1.60. The van der Waals surface area contributed by atoms with Crippen molar-refractivity contribution < 1.29 is 0 Å². The first-order chi connectivity index (χ1) is 9.38. The molecule has 0 atom stereocenters. The third kappa shape index (κ3) is 3.63. The van der Waals surface area contributed by atoms with E-state index in [4.69, 9.17) is 0 Å². The van der Waals surface area contributed by atoms with Crippen LogP contribution in [-0.2, 0) is 12.0 Å². The van der Waals surface area contributed by atoms with Gasteiger partial charge in [-0.05, 0) is 24.3 Å². The average Bonchev–Trinajstić information content (AvgIpc) is 2.96. The highest BCUT2D eigenvalue weighted by Gasteiger charge is 2.23. The van der Waals surface area contributed by atoms with Gasteiger partial charge in [-0.2, -0.15) is 0 Å². The molecule has 0 amide bonds. The molecule has 0 aliphatic heterocycles. The number of rotatable bonds is 6. The van der Waals surface area contributed by atoms with Gasteiger partial charge in [0.15, 0.2) is 0 Å². The van der Waals surface area contributed by atoms with E-state index in [1.165, 1.54) is 4.88 Å². The number of nitrogens with one attached hydrogen (secondary N) is 1. The SMILES string of the molecule is Cc1cn(CC(C)(C)c2cccs2)c(NCC(C)C)n1. The molecule has 0 bridgehead atoms. The Balaban J connectivity index is 2.16. The lowest BCUT2D eigenvalue weighted by atomic mass is 9.91. The number of nitrogens with zero attached hydrogens (tertiary/aromatic N) is 2. The lowest BCUT2D eigenvalue weighted by Crippen LogP contribution is -2.24. The first kappa shape index (κ1) is 15.1. The summed E-state index contributed by atoms with van der Waals surface area (Å²) < 4.78 is 2.25. The van der Waals surface area contributed by atoms with Crippen molar-refractivity contribution in [3.05, 3.63) is 34.3 Å². The normalized spacial score (nSPS) is 12.1. The Labute approximate surface area is 126 Å². The van der Waals surface area contributed by atoms with E-state index in [-0.39, 0.29) is 5.41 Å². The molecule has 0 spiro atoms. The zero-order valence-electron chi connectivity index (χ0n) is 13.1. The van der Waals surface area contributed by atoms with Crippen molar-refractivity contribution in [1.29, 1.82) is 0 Å². The van der Waals surface area contributed by atoms with Gasteiger partial charge in [-0.15, -0.1) is 11.3 Å². The molecule has 0 fully saturated rings. The number of imidazole rings is 1. The maximum Gasteiger partial charge on any atom is 0.203 e. The minimum atomic E-state index is 0.121. The highest BCUT2D eigenvalue weighted by atomic mass is 32.1. The lowest BCUT2D eigenvalue weighted by Gasteiger charge is -2.25. The van der Waals surface area contributed by atoms with Gasteiger partial charge in [-0.3, -0.25) is 0 Å². The van der Waals surface area contributed by atoms with E-state index in [0.29, 0.717) is 5.92 Å². The fourth-order valence-electron chi connectivity index (χ4n) is 2.27. The van der Waals surface area contributed by atoms with Crippen LogP contribution in [0.3, 0.4) is 0 Å². The quantitative estimate of drug-likeness (QED) is 0.860. The van der Waals surface area contributed by atoms with Crippen LogP contribution in [0, 0.1) is 12.8 Å². The molecule has 0 aliphatic carbocycles. The molecular formula is C16H25N3S. The highest BCUT2D eigenvalue weighted by Crippen LogP contribution is 2.30. The van der Waals surface area contributed by atoms with Crippen LogP contribution in [0.4, 0.5) is 5.95 Å². The highest BCUT2D eigenvalue weighted by molar-refractivity contribution is 7.10. The Morgan fingerprint density at radius 1 is 1.40 bits per heavy atom. The van der Waals surface area contributed by atoms with Gasteiger partial charge in [-0.1, -0.05) is 33.8 Å². The number of anilines is 1. The monoisotopic (exact) mass is 291 g/mol. The molecule has 2 aromatic rings. The maximum absolute atomic E-state index is 4.60. The molecule has 3 nitrogen and oxygen atoms in total. The van der Waals surface area contributed by atoms with Gasteiger partial charge in [0.2, 0.25) is 5.95 Å². The van der Waals surface area contributed by atoms with E-state index in [2.05, 4.69) is 73.2 Å². The van der Waals surface area contributed by atoms with Crippen molar-refractivity contribution in [2.24, 2.45) is 5.92 Å². The van der Waals surface area contributed by atoms with Gasteiger partial charge in [0, 0.05) is 29.6 Å². The zero-order chi connectivity index (χ0) is 14.8. The zero-order valence-corrected chi connectivity index (χ0v) is 13.9. The number of aryl methyl sites for hydroxylation is 1. The number of hydrogen-bond acceptors (Lipinski definition) is 3. The summed E-state index contributed by atoms with van der Waals surface area (Å²) in [5, 5.41) is 5.60. The molecule has 2 rings (SSSR count). The second kappa shape index (κ2) is 6.00. The van der Waals surface area contributed by atoms with Crippen molar-refractivity contribution in [3.8, 4) is 0 Å². The molecule has 0 saturated heterocycles. The second-order valence-corrected chi connectivity index (χ2v) is 7.42. The predicted molar refractivity (Wildman–Crippen MR) is 87.6 cm³/mol. The van der Waals surface area contributed by atoms with Crippen LogP contribution in [-0.4, -0.2) is 16.1 Å². The van der Waals surface area contributed by atoms with E-state index < -0.39 is 0 Å². The van der Waals surface area contributed by atoms with Crippen LogP contribution < -0.4 is 5.32 Å². The third-order valence-corrected chi connectivity index (χ3v) is 4.56. The molecule has 1 N–H and O–H groups in total. The van der Waals surface area contributed by atoms with E-state index in [0.717, 1.165) is 24.7 Å². The average molecular weight is 291 g/mol.